The van der Waals surface area contributed by atoms with Crippen molar-refractivity contribution in [3.8, 4) is 11.5 Å². The Morgan fingerprint density at radius 1 is 1.33 bits per heavy atom. The maximum absolute atomic E-state index is 13.2. The smallest absolute Gasteiger partial charge is 0.260 e. The van der Waals surface area contributed by atoms with E-state index >= 15 is 0 Å². The van der Waals surface area contributed by atoms with Crippen molar-refractivity contribution in [2.75, 3.05) is 18.3 Å². The van der Waals surface area contributed by atoms with Crippen molar-refractivity contribution in [2.24, 2.45) is 0 Å². The molecule has 2 aromatic carbocycles. The van der Waals surface area contributed by atoms with E-state index < -0.39 is 5.82 Å². The molecule has 0 unspecified atom stereocenters. The van der Waals surface area contributed by atoms with E-state index in [0.717, 1.165) is 10.0 Å². The van der Waals surface area contributed by atoms with Gasteiger partial charge in [-0.3, -0.25) is 0 Å². The van der Waals surface area contributed by atoms with Crippen LogP contribution in [0, 0.1) is 5.82 Å². The van der Waals surface area contributed by atoms with Crippen molar-refractivity contribution in [2.45, 2.75) is 13.2 Å². The fraction of sp³-hybridized carbons (Fsp3) is 0.188. The summed E-state index contributed by atoms with van der Waals surface area (Å²) in [6.07, 6.45) is 0. The van der Waals surface area contributed by atoms with Crippen LogP contribution in [0.1, 0.15) is 11.1 Å². The van der Waals surface area contributed by atoms with E-state index in [9.17, 15) is 4.39 Å². The number of aromatic nitrogens is 4. The molecular weight excluding hydrogens is 443 g/mol. The number of rotatable bonds is 7. The molecule has 0 fully saturated rings. The van der Waals surface area contributed by atoms with Crippen LogP contribution in [0.2, 0.25) is 5.02 Å². The van der Waals surface area contributed by atoms with Crippen molar-refractivity contribution in [1.82, 2.24) is 20.3 Å². The molecule has 3 rings (SSSR count). The van der Waals surface area contributed by atoms with Gasteiger partial charge in [0.15, 0.2) is 11.5 Å². The minimum Gasteiger partial charge on any atom is -0.493 e. The Kier molecular flexibility index (Phi) is 5.97. The van der Waals surface area contributed by atoms with Crippen LogP contribution >= 0.6 is 27.5 Å². The van der Waals surface area contributed by atoms with Gasteiger partial charge in [0.1, 0.15) is 12.4 Å². The Bertz CT molecular complexity index is 955. The van der Waals surface area contributed by atoms with Gasteiger partial charge in [0.25, 0.3) is 5.95 Å². The van der Waals surface area contributed by atoms with E-state index in [0.29, 0.717) is 23.6 Å². The fourth-order valence-electron chi connectivity index (χ4n) is 2.32. The topological polar surface area (TPSA) is 100 Å². The summed E-state index contributed by atoms with van der Waals surface area (Å²) < 4.78 is 25.4. The highest BCUT2D eigenvalue weighted by molar-refractivity contribution is 9.10. The molecule has 0 atom stereocenters. The Labute approximate surface area is 167 Å². The second kappa shape index (κ2) is 8.40. The van der Waals surface area contributed by atoms with Gasteiger partial charge < -0.3 is 20.6 Å². The van der Waals surface area contributed by atoms with Crippen LogP contribution in [0.4, 0.5) is 10.3 Å². The summed E-state index contributed by atoms with van der Waals surface area (Å²) in [4.78, 5) is 1.24. The summed E-state index contributed by atoms with van der Waals surface area (Å²) in [5, 5.41) is 11.1. The van der Waals surface area contributed by atoms with E-state index in [2.05, 4.69) is 36.9 Å². The molecule has 1 heterocycles. The monoisotopic (exact) mass is 456 g/mol. The molecule has 27 heavy (non-hydrogen) atoms. The van der Waals surface area contributed by atoms with Gasteiger partial charge in [0, 0.05) is 15.6 Å². The molecule has 0 radical (unpaired) electrons. The normalized spacial score (nSPS) is 10.7. The van der Waals surface area contributed by atoms with Crippen LogP contribution in [0.3, 0.4) is 0 Å². The number of hydrogen-bond donors (Lipinski definition) is 2. The maximum Gasteiger partial charge on any atom is 0.260 e. The van der Waals surface area contributed by atoms with E-state index in [-0.39, 0.29) is 17.6 Å². The molecule has 142 valence electrons. The highest BCUT2D eigenvalue weighted by atomic mass is 79.9. The molecule has 1 aromatic heterocycles. The standard InChI is InChI=1S/C16H15BrClFN6O2/c1-26-14-5-4-12(17)11(7-21-25-16(20)22-23-24-25)15(14)27-8-9-2-3-10(19)6-13(9)18/h2-6,21H,7-8H2,1H3,(H2,20,22,24). The number of ether oxygens (including phenoxy) is 2. The van der Waals surface area contributed by atoms with E-state index in [4.69, 9.17) is 26.8 Å². The lowest BCUT2D eigenvalue weighted by molar-refractivity contribution is 0.281. The Morgan fingerprint density at radius 2 is 2.15 bits per heavy atom. The van der Waals surface area contributed by atoms with Crippen LogP contribution in [0.25, 0.3) is 0 Å². The zero-order valence-electron chi connectivity index (χ0n) is 14.1. The number of nitrogens with one attached hydrogen (secondary N) is 1. The molecule has 0 aliphatic heterocycles. The van der Waals surface area contributed by atoms with Gasteiger partial charge in [-0.1, -0.05) is 38.7 Å². The third kappa shape index (κ3) is 4.40. The molecule has 0 amide bonds. The second-order valence-corrected chi connectivity index (χ2v) is 6.63. The molecule has 0 aliphatic carbocycles. The lowest BCUT2D eigenvalue weighted by Crippen LogP contribution is -2.19. The first-order valence-electron chi connectivity index (χ1n) is 7.69. The molecule has 8 nitrogen and oxygen atoms in total. The number of anilines is 1. The third-order valence-corrected chi connectivity index (χ3v) is 4.77. The first-order valence-corrected chi connectivity index (χ1v) is 8.86. The minimum absolute atomic E-state index is 0.120. The molecule has 0 spiro atoms. The summed E-state index contributed by atoms with van der Waals surface area (Å²) in [6, 6.07) is 7.73. The van der Waals surface area contributed by atoms with Crippen molar-refractivity contribution in [1.29, 1.82) is 0 Å². The number of methoxy groups -OCH3 is 1. The maximum atomic E-state index is 13.2. The molecule has 0 bridgehead atoms. The minimum atomic E-state index is -0.410. The number of hydrogen-bond acceptors (Lipinski definition) is 7. The number of nitrogens with two attached hydrogens (primary N) is 1. The van der Waals surface area contributed by atoms with Gasteiger partial charge in [-0.15, -0.1) is 4.79 Å². The van der Waals surface area contributed by atoms with Crippen molar-refractivity contribution in [3.63, 3.8) is 0 Å². The van der Waals surface area contributed by atoms with Gasteiger partial charge >= 0.3 is 0 Å². The van der Waals surface area contributed by atoms with Crippen LogP contribution in [0.15, 0.2) is 34.8 Å². The Morgan fingerprint density at radius 3 is 2.81 bits per heavy atom. The lowest BCUT2D eigenvalue weighted by atomic mass is 10.1. The molecule has 11 heteroatoms. The lowest BCUT2D eigenvalue weighted by Gasteiger charge is -2.17. The average molecular weight is 458 g/mol. The number of nitrogens with zero attached hydrogens (tertiary/aromatic N) is 4. The van der Waals surface area contributed by atoms with Crippen molar-refractivity contribution >= 4 is 33.5 Å². The summed E-state index contributed by atoms with van der Waals surface area (Å²) in [5.74, 6) is 0.728. The molecule has 0 aliphatic rings. The van der Waals surface area contributed by atoms with Crippen molar-refractivity contribution in [3.05, 3.63) is 56.8 Å². The Balaban J connectivity index is 1.85. The Hall–Kier alpha value is -2.59. The van der Waals surface area contributed by atoms with Gasteiger partial charge in [0.2, 0.25) is 0 Å². The number of nitrogen functional groups attached to an aromatic ring is 1. The van der Waals surface area contributed by atoms with Crippen LogP contribution in [0.5, 0.6) is 11.5 Å². The van der Waals surface area contributed by atoms with Gasteiger partial charge in [-0.25, -0.2) is 4.39 Å². The third-order valence-electron chi connectivity index (χ3n) is 3.67. The number of halogens is 3. The average Bonchev–Trinajstić information content (AvgIpc) is 3.05. The van der Waals surface area contributed by atoms with Gasteiger partial charge in [-0.2, -0.15) is 0 Å². The molecule has 3 N–H and O–H groups in total. The SMILES string of the molecule is COc1ccc(Br)c(CNn2nnnc2N)c1OCc1ccc(F)cc1Cl. The highest BCUT2D eigenvalue weighted by Crippen LogP contribution is 2.37. The van der Waals surface area contributed by atoms with E-state index in [1.54, 1.807) is 12.1 Å². The molecule has 3 aromatic rings. The number of tetrazole rings is 1. The molecule has 0 saturated heterocycles. The summed E-state index contributed by atoms with van der Waals surface area (Å²) in [7, 11) is 1.54. The van der Waals surface area contributed by atoms with Gasteiger partial charge in [0.05, 0.1) is 18.7 Å². The predicted octanol–water partition coefficient (Wildman–Crippen LogP) is 3.14. The van der Waals surface area contributed by atoms with E-state index in [1.807, 2.05) is 6.07 Å². The first kappa shape index (κ1) is 19.2. The first-order chi connectivity index (χ1) is 13.0. The van der Waals surface area contributed by atoms with Crippen LogP contribution < -0.4 is 20.6 Å². The zero-order valence-corrected chi connectivity index (χ0v) is 16.5. The second-order valence-electron chi connectivity index (χ2n) is 5.37. The molecule has 0 saturated carbocycles. The van der Waals surface area contributed by atoms with Crippen LogP contribution in [-0.4, -0.2) is 27.4 Å². The fourth-order valence-corrected chi connectivity index (χ4v) is 2.99. The quantitative estimate of drug-likeness (QED) is 0.562. The summed E-state index contributed by atoms with van der Waals surface area (Å²) >= 11 is 9.57. The zero-order chi connectivity index (χ0) is 19.4. The highest BCUT2D eigenvalue weighted by Gasteiger charge is 2.16. The number of benzene rings is 2. The largest absolute Gasteiger partial charge is 0.493 e. The summed E-state index contributed by atoms with van der Waals surface area (Å²) in [6.45, 7) is 0.422. The van der Waals surface area contributed by atoms with Gasteiger partial charge in [-0.05, 0) is 34.7 Å². The van der Waals surface area contributed by atoms with Crippen LogP contribution in [-0.2, 0) is 13.2 Å². The predicted molar refractivity (Wildman–Crippen MR) is 102 cm³/mol. The van der Waals surface area contributed by atoms with Crippen molar-refractivity contribution < 1.29 is 13.9 Å². The van der Waals surface area contributed by atoms with E-state index in [1.165, 1.54) is 24.0 Å². The summed E-state index contributed by atoms with van der Waals surface area (Å²) in [5.41, 5.74) is 10.0. The molecular formula is C16H15BrClFN6O2.